The van der Waals surface area contributed by atoms with Crippen molar-refractivity contribution < 1.29 is 4.42 Å². The van der Waals surface area contributed by atoms with Gasteiger partial charge >= 0.3 is 0 Å². The second kappa shape index (κ2) is 5.36. The van der Waals surface area contributed by atoms with Crippen molar-refractivity contribution in [1.82, 2.24) is 10.2 Å². The molecule has 0 aliphatic rings. The van der Waals surface area contributed by atoms with Crippen molar-refractivity contribution in [1.29, 1.82) is 0 Å². The molecule has 0 bridgehead atoms. The average molecular weight is 248 g/mol. The van der Waals surface area contributed by atoms with Crippen LogP contribution in [0.25, 0.3) is 0 Å². The highest BCUT2D eigenvalue weighted by atomic mass is 32.2. The number of nitrogens with zero attached hydrogens (tertiary/aromatic N) is 2. The van der Waals surface area contributed by atoms with Crippen LogP contribution in [-0.4, -0.2) is 10.2 Å². The summed E-state index contributed by atoms with van der Waals surface area (Å²) in [6.45, 7) is 6.18. The molecule has 1 heterocycles. The van der Waals surface area contributed by atoms with Crippen molar-refractivity contribution in [3.05, 3.63) is 41.6 Å². The fourth-order valence-electron chi connectivity index (χ4n) is 1.45. The van der Waals surface area contributed by atoms with Crippen LogP contribution in [-0.2, 0) is 6.42 Å². The Labute approximate surface area is 106 Å². The van der Waals surface area contributed by atoms with Gasteiger partial charge in [-0.05, 0) is 26.0 Å². The zero-order valence-corrected chi connectivity index (χ0v) is 11.1. The molecule has 0 saturated carbocycles. The standard InChI is InChI=1S/C13H16N2OS/c1-4-12-14-15-13(16-12)10(3)17-11-7-5-9(2)6-8-11/h5-8,10H,4H2,1-3H3/t10-/m1/s1. The van der Waals surface area contributed by atoms with E-state index >= 15 is 0 Å². The molecular weight excluding hydrogens is 232 g/mol. The van der Waals surface area contributed by atoms with Gasteiger partial charge in [-0.25, -0.2) is 0 Å². The molecule has 0 spiro atoms. The van der Waals surface area contributed by atoms with Crippen molar-refractivity contribution in [3.8, 4) is 0 Å². The van der Waals surface area contributed by atoms with Gasteiger partial charge in [0.05, 0.1) is 5.25 Å². The quantitative estimate of drug-likeness (QED) is 0.772. The van der Waals surface area contributed by atoms with Crippen LogP contribution in [0.2, 0.25) is 0 Å². The van der Waals surface area contributed by atoms with Gasteiger partial charge in [-0.3, -0.25) is 0 Å². The van der Waals surface area contributed by atoms with E-state index in [0.717, 1.165) is 6.42 Å². The normalized spacial score (nSPS) is 12.6. The maximum atomic E-state index is 5.55. The van der Waals surface area contributed by atoms with E-state index in [2.05, 4.69) is 48.3 Å². The summed E-state index contributed by atoms with van der Waals surface area (Å²) in [6, 6.07) is 8.46. The molecule has 1 aromatic heterocycles. The van der Waals surface area contributed by atoms with E-state index in [1.165, 1.54) is 10.5 Å². The van der Waals surface area contributed by atoms with E-state index in [-0.39, 0.29) is 5.25 Å². The fraction of sp³-hybridized carbons (Fsp3) is 0.385. The summed E-state index contributed by atoms with van der Waals surface area (Å²) in [4.78, 5) is 1.22. The first-order chi connectivity index (χ1) is 8.19. The summed E-state index contributed by atoms with van der Waals surface area (Å²) < 4.78 is 5.55. The summed E-state index contributed by atoms with van der Waals surface area (Å²) in [7, 11) is 0. The van der Waals surface area contributed by atoms with Gasteiger partial charge in [0.25, 0.3) is 0 Å². The zero-order valence-electron chi connectivity index (χ0n) is 10.3. The van der Waals surface area contributed by atoms with Gasteiger partial charge < -0.3 is 4.42 Å². The Bertz CT molecular complexity index is 478. The van der Waals surface area contributed by atoms with E-state index in [1.807, 2.05) is 6.92 Å². The Morgan fingerprint density at radius 2 is 1.94 bits per heavy atom. The third-order valence-corrected chi connectivity index (χ3v) is 3.57. The minimum absolute atomic E-state index is 0.186. The number of hydrogen-bond donors (Lipinski definition) is 0. The molecule has 0 saturated heterocycles. The first-order valence-corrected chi connectivity index (χ1v) is 6.62. The lowest BCUT2D eigenvalue weighted by Crippen LogP contribution is -1.88. The first-order valence-electron chi connectivity index (χ1n) is 5.74. The molecule has 1 atom stereocenters. The Morgan fingerprint density at radius 1 is 1.24 bits per heavy atom. The van der Waals surface area contributed by atoms with Crippen LogP contribution in [0.4, 0.5) is 0 Å². The van der Waals surface area contributed by atoms with Crippen LogP contribution < -0.4 is 0 Å². The van der Waals surface area contributed by atoms with E-state index in [1.54, 1.807) is 11.8 Å². The highest BCUT2D eigenvalue weighted by Crippen LogP contribution is 2.33. The molecular formula is C13H16N2OS. The fourth-order valence-corrected chi connectivity index (χ4v) is 2.34. The van der Waals surface area contributed by atoms with Gasteiger partial charge in [-0.2, -0.15) is 0 Å². The highest BCUT2D eigenvalue weighted by molar-refractivity contribution is 7.99. The molecule has 2 rings (SSSR count). The number of hydrogen-bond acceptors (Lipinski definition) is 4. The van der Waals surface area contributed by atoms with E-state index in [9.17, 15) is 0 Å². The van der Waals surface area contributed by atoms with Gasteiger partial charge in [0.15, 0.2) is 0 Å². The molecule has 0 radical (unpaired) electrons. The van der Waals surface area contributed by atoms with Crippen LogP contribution in [0.3, 0.4) is 0 Å². The number of thioether (sulfide) groups is 1. The predicted molar refractivity (Wildman–Crippen MR) is 69.1 cm³/mol. The summed E-state index contributed by atoms with van der Waals surface area (Å²) in [5, 5.41) is 8.23. The van der Waals surface area contributed by atoms with Crippen molar-refractivity contribution >= 4 is 11.8 Å². The first kappa shape index (κ1) is 12.2. The molecule has 17 heavy (non-hydrogen) atoms. The average Bonchev–Trinajstić information content (AvgIpc) is 2.81. The molecule has 0 fully saturated rings. The van der Waals surface area contributed by atoms with Crippen LogP contribution >= 0.6 is 11.8 Å². The molecule has 0 aliphatic heterocycles. The van der Waals surface area contributed by atoms with Crippen LogP contribution in [0.5, 0.6) is 0 Å². The molecule has 0 unspecified atom stereocenters. The van der Waals surface area contributed by atoms with Crippen LogP contribution in [0.15, 0.2) is 33.6 Å². The monoisotopic (exact) mass is 248 g/mol. The third-order valence-electron chi connectivity index (χ3n) is 2.47. The largest absolute Gasteiger partial charge is 0.424 e. The lowest BCUT2D eigenvalue weighted by molar-refractivity contribution is 0.456. The number of benzene rings is 1. The zero-order chi connectivity index (χ0) is 12.3. The molecule has 0 aliphatic carbocycles. The number of aromatic nitrogens is 2. The van der Waals surface area contributed by atoms with Crippen molar-refractivity contribution in [2.75, 3.05) is 0 Å². The SMILES string of the molecule is CCc1nnc([C@@H](C)Sc2ccc(C)cc2)o1. The molecule has 1 aromatic carbocycles. The predicted octanol–water partition coefficient (Wildman–Crippen LogP) is 3.79. The van der Waals surface area contributed by atoms with Crippen molar-refractivity contribution in [2.45, 2.75) is 37.3 Å². The third kappa shape index (κ3) is 3.09. The van der Waals surface area contributed by atoms with E-state index in [0.29, 0.717) is 11.8 Å². The summed E-state index contributed by atoms with van der Waals surface area (Å²) in [5.74, 6) is 1.41. The van der Waals surface area contributed by atoms with Gasteiger partial charge in [-0.1, -0.05) is 24.6 Å². The Hall–Kier alpha value is -1.29. The minimum atomic E-state index is 0.186. The molecule has 0 N–H and O–H groups in total. The minimum Gasteiger partial charge on any atom is -0.424 e. The summed E-state index contributed by atoms with van der Waals surface area (Å²) >= 11 is 1.73. The number of aryl methyl sites for hydroxylation is 2. The second-order valence-corrected chi connectivity index (χ2v) is 5.37. The maximum Gasteiger partial charge on any atom is 0.229 e. The van der Waals surface area contributed by atoms with Gasteiger partial charge in [0.2, 0.25) is 11.8 Å². The summed E-state index contributed by atoms with van der Waals surface area (Å²) in [5.41, 5.74) is 1.27. The second-order valence-electron chi connectivity index (χ2n) is 3.96. The molecule has 3 nitrogen and oxygen atoms in total. The Balaban J connectivity index is 2.05. The highest BCUT2D eigenvalue weighted by Gasteiger charge is 2.14. The Morgan fingerprint density at radius 3 is 2.53 bits per heavy atom. The van der Waals surface area contributed by atoms with Gasteiger partial charge in [0, 0.05) is 11.3 Å². The maximum absolute atomic E-state index is 5.55. The van der Waals surface area contributed by atoms with Gasteiger partial charge in [0.1, 0.15) is 0 Å². The lowest BCUT2D eigenvalue weighted by Gasteiger charge is -2.06. The molecule has 4 heteroatoms. The van der Waals surface area contributed by atoms with Crippen molar-refractivity contribution in [2.24, 2.45) is 0 Å². The topological polar surface area (TPSA) is 38.9 Å². The van der Waals surface area contributed by atoms with E-state index < -0.39 is 0 Å². The summed E-state index contributed by atoms with van der Waals surface area (Å²) in [6.07, 6.45) is 0.787. The molecule has 0 amide bonds. The van der Waals surface area contributed by atoms with Crippen LogP contribution in [0, 0.1) is 6.92 Å². The number of rotatable bonds is 4. The Kier molecular flexibility index (Phi) is 3.84. The lowest BCUT2D eigenvalue weighted by atomic mass is 10.2. The molecule has 90 valence electrons. The molecule has 2 aromatic rings. The smallest absolute Gasteiger partial charge is 0.229 e. The van der Waals surface area contributed by atoms with Crippen LogP contribution in [0.1, 0.15) is 36.4 Å². The van der Waals surface area contributed by atoms with E-state index in [4.69, 9.17) is 4.42 Å². The van der Waals surface area contributed by atoms with Gasteiger partial charge in [-0.15, -0.1) is 22.0 Å². The van der Waals surface area contributed by atoms with Crippen molar-refractivity contribution in [3.63, 3.8) is 0 Å².